The van der Waals surface area contributed by atoms with Crippen LogP contribution in [0.4, 0.5) is 0 Å². The van der Waals surface area contributed by atoms with Crippen molar-refractivity contribution in [3.8, 4) is 17.1 Å². The molecule has 0 radical (unpaired) electrons. The molecule has 3 rings (SSSR count). The largest absolute Gasteiger partial charge is 0.477 e. The number of carbonyl (C=O) groups is 1. The lowest BCUT2D eigenvalue weighted by atomic mass is 10.1. The molecule has 6 heteroatoms. The fraction of sp³-hybridized carbons (Fsp3) is 0.357. The summed E-state index contributed by atoms with van der Waals surface area (Å²) in [6.45, 7) is 3.43. The van der Waals surface area contributed by atoms with Gasteiger partial charge in [-0.25, -0.2) is 9.48 Å². The van der Waals surface area contributed by atoms with Gasteiger partial charge in [-0.1, -0.05) is 6.07 Å². The minimum Gasteiger partial charge on any atom is -0.477 e. The molecular weight excluding hydrogens is 258 g/mol. The Kier molecular flexibility index (Phi) is 3.37. The molecule has 1 aliphatic heterocycles. The lowest BCUT2D eigenvalue weighted by Gasteiger charge is -2.15. The van der Waals surface area contributed by atoms with Crippen LogP contribution < -0.4 is 4.74 Å². The highest BCUT2D eigenvalue weighted by Crippen LogP contribution is 2.34. The highest BCUT2D eigenvalue weighted by Gasteiger charge is 2.28. The fourth-order valence-electron chi connectivity index (χ4n) is 2.21. The minimum atomic E-state index is -0.446. The highest BCUT2D eigenvalue weighted by molar-refractivity contribution is 5.96. The first-order valence-corrected chi connectivity index (χ1v) is 6.63. The molecule has 0 fully saturated rings. The molecule has 0 aliphatic carbocycles. The molecule has 2 aromatic rings. The Bertz CT molecular complexity index is 622. The van der Waals surface area contributed by atoms with Crippen molar-refractivity contribution in [1.29, 1.82) is 0 Å². The molecule has 0 spiro atoms. The van der Waals surface area contributed by atoms with Gasteiger partial charge >= 0.3 is 5.97 Å². The van der Waals surface area contributed by atoms with Crippen molar-refractivity contribution in [2.45, 2.75) is 19.9 Å². The van der Waals surface area contributed by atoms with Crippen LogP contribution >= 0.6 is 0 Å². The van der Waals surface area contributed by atoms with Gasteiger partial charge in [-0.05, 0) is 19.1 Å². The molecule has 0 saturated carbocycles. The minimum absolute atomic E-state index is 0.266. The number of hydrogen-bond donors (Lipinski definition) is 0. The maximum atomic E-state index is 12.1. The number of hydrogen-bond acceptors (Lipinski definition) is 5. The Morgan fingerprint density at radius 2 is 2.40 bits per heavy atom. The third kappa shape index (κ3) is 2.13. The van der Waals surface area contributed by atoms with E-state index in [-0.39, 0.29) is 5.69 Å². The van der Waals surface area contributed by atoms with Gasteiger partial charge in [-0.2, -0.15) is 5.10 Å². The lowest BCUT2D eigenvalue weighted by Crippen LogP contribution is -2.15. The molecule has 0 unspecified atom stereocenters. The Labute approximate surface area is 116 Å². The zero-order valence-corrected chi connectivity index (χ0v) is 11.2. The van der Waals surface area contributed by atoms with Crippen LogP contribution in [-0.2, 0) is 11.3 Å². The number of aryl methyl sites for hydroxylation is 1. The van der Waals surface area contributed by atoms with E-state index in [9.17, 15) is 4.79 Å². The van der Waals surface area contributed by atoms with Crippen LogP contribution in [0.1, 0.15) is 23.8 Å². The van der Waals surface area contributed by atoms with Gasteiger partial charge < -0.3 is 9.47 Å². The number of carbonyl (C=O) groups excluding carboxylic acids is 1. The predicted molar refractivity (Wildman–Crippen MR) is 71.5 cm³/mol. The van der Waals surface area contributed by atoms with E-state index in [1.54, 1.807) is 17.8 Å². The van der Waals surface area contributed by atoms with Gasteiger partial charge in [-0.3, -0.25) is 4.98 Å². The maximum absolute atomic E-state index is 12.1. The summed E-state index contributed by atoms with van der Waals surface area (Å²) in [5.41, 5.74) is 1.55. The maximum Gasteiger partial charge on any atom is 0.359 e. The zero-order chi connectivity index (χ0) is 13.9. The average Bonchev–Trinajstić information content (AvgIpc) is 2.88. The highest BCUT2D eigenvalue weighted by atomic mass is 16.5. The molecule has 6 nitrogen and oxygen atoms in total. The Morgan fingerprint density at radius 3 is 3.15 bits per heavy atom. The molecule has 20 heavy (non-hydrogen) atoms. The Hall–Kier alpha value is -2.37. The second-order valence-electron chi connectivity index (χ2n) is 4.39. The van der Waals surface area contributed by atoms with Gasteiger partial charge in [0.15, 0.2) is 5.69 Å². The quantitative estimate of drug-likeness (QED) is 0.799. The van der Waals surface area contributed by atoms with E-state index in [1.165, 1.54) is 0 Å². The lowest BCUT2D eigenvalue weighted by molar-refractivity contribution is 0.0519. The summed E-state index contributed by atoms with van der Waals surface area (Å²) in [5, 5.41) is 4.32. The molecule has 0 amide bonds. The van der Waals surface area contributed by atoms with E-state index >= 15 is 0 Å². The Morgan fingerprint density at radius 1 is 1.50 bits per heavy atom. The van der Waals surface area contributed by atoms with Crippen molar-refractivity contribution in [1.82, 2.24) is 14.8 Å². The summed E-state index contributed by atoms with van der Waals surface area (Å²) < 4.78 is 12.4. The SMILES string of the molecule is CCOC(=O)c1nn2c(c1-c1ccccn1)OCCC2. The average molecular weight is 273 g/mol. The van der Waals surface area contributed by atoms with Gasteiger partial charge in [-0.15, -0.1) is 0 Å². The van der Waals surface area contributed by atoms with Crippen LogP contribution in [0.15, 0.2) is 24.4 Å². The summed E-state index contributed by atoms with van der Waals surface area (Å²) in [4.78, 5) is 16.4. The normalized spacial score (nSPS) is 13.4. The molecule has 0 saturated heterocycles. The summed E-state index contributed by atoms with van der Waals surface area (Å²) in [7, 11) is 0. The number of fused-ring (bicyclic) bond motifs is 1. The first-order valence-electron chi connectivity index (χ1n) is 6.63. The van der Waals surface area contributed by atoms with Crippen LogP contribution in [0, 0.1) is 0 Å². The first kappa shape index (κ1) is 12.7. The number of rotatable bonds is 3. The summed E-state index contributed by atoms with van der Waals surface area (Å²) in [6.07, 6.45) is 2.55. The second-order valence-corrected chi connectivity index (χ2v) is 4.39. The monoisotopic (exact) mass is 273 g/mol. The molecule has 0 bridgehead atoms. The van der Waals surface area contributed by atoms with E-state index in [2.05, 4.69) is 10.1 Å². The molecule has 2 aromatic heterocycles. The van der Waals surface area contributed by atoms with Crippen LogP contribution in [0.3, 0.4) is 0 Å². The van der Waals surface area contributed by atoms with E-state index in [1.807, 2.05) is 18.2 Å². The topological polar surface area (TPSA) is 66.2 Å². The molecule has 104 valence electrons. The number of aromatic nitrogens is 3. The number of pyridine rings is 1. The van der Waals surface area contributed by atoms with Crippen molar-refractivity contribution >= 4 is 5.97 Å². The molecular formula is C14H15N3O3. The van der Waals surface area contributed by atoms with Crippen LogP contribution in [0.5, 0.6) is 5.88 Å². The van der Waals surface area contributed by atoms with E-state index in [4.69, 9.17) is 9.47 Å². The second kappa shape index (κ2) is 5.32. The molecule has 0 aromatic carbocycles. The van der Waals surface area contributed by atoms with Crippen molar-refractivity contribution in [3.05, 3.63) is 30.1 Å². The summed E-state index contributed by atoms with van der Waals surface area (Å²) >= 11 is 0. The predicted octanol–water partition coefficient (Wildman–Crippen LogP) is 1.90. The van der Waals surface area contributed by atoms with Crippen molar-refractivity contribution < 1.29 is 14.3 Å². The first-order chi connectivity index (χ1) is 9.81. The third-order valence-corrected chi connectivity index (χ3v) is 3.05. The molecule has 0 atom stereocenters. The number of nitrogens with zero attached hydrogens (tertiary/aromatic N) is 3. The summed E-state index contributed by atoms with van der Waals surface area (Å²) in [6, 6.07) is 5.52. The van der Waals surface area contributed by atoms with Crippen LogP contribution in [0.2, 0.25) is 0 Å². The van der Waals surface area contributed by atoms with Gasteiger partial charge in [0.1, 0.15) is 0 Å². The van der Waals surface area contributed by atoms with Gasteiger partial charge in [0.2, 0.25) is 5.88 Å². The Balaban J connectivity index is 2.14. The number of ether oxygens (including phenoxy) is 2. The smallest absolute Gasteiger partial charge is 0.359 e. The van der Waals surface area contributed by atoms with E-state index in [0.717, 1.165) is 13.0 Å². The van der Waals surface area contributed by atoms with Crippen molar-refractivity contribution in [2.75, 3.05) is 13.2 Å². The van der Waals surface area contributed by atoms with Gasteiger partial charge in [0.25, 0.3) is 0 Å². The van der Waals surface area contributed by atoms with Crippen LogP contribution in [-0.4, -0.2) is 33.9 Å². The van der Waals surface area contributed by atoms with Crippen LogP contribution in [0.25, 0.3) is 11.3 Å². The fourth-order valence-corrected chi connectivity index (χ4v) is 2.21. The third-order valence-electron chi connectivity index (χ3n) is 3.05. The molecule has 1 aliphatic rings. The zero-order valence-electron chi connectivity index (χ0n) is 11.2. The van der Waals surface area contributed by atoms with E-state index in [0.29, 0.717) is 30.4 Å². The van der Waals surface area contributed by atoms with Crippen molar-refractivity contribution in [3.63, 3.8) is 0 Å². The van der Waals surface area contributed by atoms with Gasteiger partial charge in [0, 0.05) is 19.2 Å². The standard InChI is InChI=1S/C14H15N3O3/c1-2-19-14(18)12-11(10-6-3-4-7-15-10)13-17(16-12)8-5-9-20-13/h3-4,6-7H,2,5,8-9H2,1H3. The number of esters is 1. The van der Waals surface area contributed by atoms with Gasteiger partial charge in [0.05, 0.1) is 24.5 Å². The summed E-state index contributed by atoms with van der Waals surface area (Å²) in [5.74, 6) is 0.150. The van der Waals surface area contributed by atoms with E-state index < -0.39 is 5.97 Å². The molecule has 0 N–H and O–H groups in total. The molecule has 3 heterocycles. The van der Waals surface area contributed by atoms with Crippen molar-refractivity contribution in [2.24, 2.45) is 0 Å².